The highest BCUT2D eigenvalue weighted by atomic mass is 79.9. The SMILES string of the molecule is CNc1ncc(C)c(Nc2ccc(Br)cc2)n1. The van der Waals surface area contributed by atoms with Gasteiger partial charge in [-0.1, -0.05) is 15.9 Å². The van der Waals surface area contributed by atoms with Crippen LogP contribution in [0.1, 0.15) is 5.56 Å². The number of nitrogens with zero attached hydrogens (tertiary/aromatic N) is 2. The van der Waals surface area contributed by atoms with Gasteiger partial charge in [-0.15, -0.1) is 0 Å². The minimum absolute atomic E-state index is 0.607. The summed E-state index contributed by atoms with van der Waals surface area (Å²) in [5.41, 5.74) is 2.00. The van der Waals surface area contributed by atoms with Gasteiger partial charge in [-0.3, -0.25) is 0 Å². The second kappa shape index (κ2) is 5.14. The van der Waals surface area contributed by atoms with Crippen LogP contribution in [0.2, 0.25) is 0 Å². The van der Waals surface area contributed by atoms with E-state index in [1.54, 1.807) is 13.2 Å². The third-order valence-electron chi connectivity index (χ3n) is 2.30. The minimum atomic E-state index is 0.607. The van der Waals surface area contributed by atoms with Crippen LogP contribution in [0.3, 0.4) is 0 Å². The van der Waals surface area contributed by atoms with Crippen LogP contribution in [0.4, 0.5) is 17.5 Å². The molecule has 0 aliphatic rings. The average Bonchev–Trinajstić information content (AvgIpc) is 2.35. The Kier molecular flexibility index (Phi) is 3.58. The fourth-order valence-electron chi connectivity index (χ4n) is 1.36. The highest BCUT2D eigenvalue weighted by molar-refractivity contribution is 9.10. The second-order valence-corrected chi connectivity index (χ2v) is 4.52. The molecule has 88 valence electrons. The molecule has 17 heavy (non-hydrogen) atoms. The zero-order chi connectivity index (χ0) is 12.3. The molecule has 1 aromatic heterocycles. The Morgan fingerprint density at radius 1 is 1.18 bits per heavy atom. The normalized spacial score (nSPS) is 10.1. The van der Waals surface area contributed by atoms with Gasteiger partial charge in [-0.2, -0.15) is 4.98 Å². The second-order valence-electron chi connectivity index (χ2n) is 3.61. The lowest BCUT2D eigenvalue weighted by Crippen LogP contribution is -2.02. The molecule has 0 aliphatic heterocycles. The molecule has 0 amide bonds. The van der Waals surface area contributed by atoms with Gasteiger partial charge in [0.1, 0.15) is 5.82 Å². The van der Waals surface area contributed by atoms with Crippen LogP contribution in [0.25, 0.3) is 0 Å². The van der Waals surface area contributed by atoms with Crippen molar-refractivity contribution in [2.24, 2.45) is 0 Å². The van der Waals surface area contributed by atoms with Gasteiger partial charge >= 0.3 is 0 Å². The molecule has 1 aromatic carbocycles. The molecule has 5 heteroatoms. The maximum absolute atomic E-state index is 4.36. The van der Waals surface area contributed by atoms with Crippen LogP contribution < -0.4 is 10.6 Å². The van der Waals surface area contributed by atoms with Crippen molar-refractivity contribution in [1.29, 1.82) is 0 Å². The molecule has 1 heterocycles. The number of benzene rings is 1. The highest BCUT2D eigenvalue weighted by Crippen LogP contribution is 2.20. The Balaban J connectivity index is 2.25. The van der Waals surface area contributed by atoms with Gasteiger partial charge in [0, 0.05) is 29.0 Å². The van der Waals surface area contributed by atoms with Gasteiger partial charge < -0.3 is 10.6 Å². The van der Waals surface area contributed by atoms with E-state index in [2.05, 4.69) is 36.5 Å². The van der Waals surface area contributed by atoms with Crippen molar-refractivity contribution < 1.29 is 0 Å². The summed E-state index contributed by atoms with van der Waals surface area (Å²) < 4.78 is 1.05. The fraction of sp³-hybridized carbons (Fsp3) is 0.167. The van der Waals surface area contributed by atoms with E-state index in [0.717, 1.165) is 21.5 Å². The molecule has 0 radical (unpaired) electrons. The highest BCUT2D eigenvalue weighted by Gasteiger charge is 2.03. The number of aryl methyl sites for hydroxylation is 1. The summed E-state index contributed by atoms with van der Waals surface area (Å²) in [5, 5.41) is 6.18. The maximum atomic E-state index is 4.36. The first-order valence-corrected chi connectivity index (χ1v) is 6.02. The van der Waals surface area contributed by atoms with Gasteiger partial charge in [-0.05, 0) is 31.2 Å². The van der Waals surface area contributed by atoms with Gasteiger partial charge in [0.2, 0.25) is 5.95 Å². The molecule has 0 unspecified atom stereocenters. The molecular formula is C12H13BrN4. The van der Waals surface area contributed by atoms with E-state index in [9.17, 15) is 0 Å². The quantitative estimate of drug-likeness (QED) is 0.911. The monoisotopic (exact) mass is 292 g/mol. The number of nitrogens with one attached hydrogen (secondary N) is 2. The summed E-state index contributed by atoms with van der Waals surface area (Å²) in [7, 11) is 1.80. The van der Waals surface area contributed by atoms with E-state index >= 15 is 0 Å². The molecule has 0 saturated carbocycles. The van der Waals surface area contributed by atoms with Gasteiger partial charge in [0.15, 0.2) is 0 Å². The van der Waals surface area contributed by atoms with E-state index in [0.29, 0.717) is 5.95 Å². The lowest BCUT2D eigenvalue weighted by atomic mass is 10.3. The number of aromatic nitrogens is 2. The number of anilines is 3. The van der Waals surface area contributed by atoms with E-state index in [1.165, 1.54) is 0 Å². The van der Waals surface area contributed by atoms with Gasteiger partial charge in [-0.25, -0.2) is 4.98 Å². The maximum Gasteiger partial charge on any atom is 0.224 e. The van der Waals surface area contributed by atoms with Crippen LogP contribution in [0, 0.1) is 6.92 Å². The van der Waals surface area contributed by atoms with Crippen molar-refractivity contribution in [3.05, 3.63) is 40.5 Å². The van der Waals surface area contributed by atoms with Crippen molar-refractivity contribution in [2.45, 2.75) is 6.92 Å². The van der Waals surface area contributed by atoms with Gasteiger partial charge in [0.05, 0.1) is 0 Å². The molecule has 0 spiro atoms. The Morgan fingerprint density at radius 3 is 2.53 bits per heavy atom. The van der Waals surface area contributed by atoms with Crippen LogP contribution in [-0.4, -0.2) is 17.0 Å². The zero-order valence-electron chi connectivity index (χ0n) is 9.66. The molecular weight excluding hydrogens is 280 g/mol. The zero-order valence-corrected chi connectivity index (χ0v) is 11.2. The Bertz CT molecular complexity index is 510. The van der Waals surface area contributed by atoms with Crippen LogP contribution >= 0.6 is 15.9 Å². The largest absolute Gasteiger partial charge is 0.357 e. The van der Waals surface area contributed by atoms with E-state index in [4.69, 9.17) is 0 Å². The molecule has 2 aromatic rings. The number of rotatable bonds is 3. The Morgan fingerprint density at radius 2 is 1.88 bits per heavy atom. The van der Waals surface area contributed by atoms with Crippen LogP contribution in [0.15, 0.2) is 34.9 Å². The number of halogens is 1. The number of hydrogen-bond acceptors (Lipinski definition) is 4. The van der Waals surface area contributed by atoms with Gasteiger partial charge in [0.25, 0.3) is 0 Å². The smallest absolute Gasteiger partial charge is 0.224 e. The predicted molar refractivity (Wildman–Crippen MR) is 73.7 cm³/mol. The molecule has 0 aliphatic carbocycles. The molecule has 2 N–H and O–H groups in total. The van der Waals surface area contributed by atoms with Crippen molar-refractivity contribution in [3.63, 3.8) is 0 Å². The predicted octanol–water partition coefficient (Wildman–Crippen LogP) is 3.33. The molecule has 0 bridgehead atoms. The van der Waals surface area contributed by atoms with E-state index in [-0.39, 0.29) is 0 Å². The first kappa shape index (κ1) is 11.9. The van der Waals surface area contributed by atoms with Crippen molar-refractivity contribution in [3.8, 4) is 0 Å². The molecule has 0 saturated heterocycles. The van der Waals surface area contributed by atoms with E-state index in [1.807, 2.05) is 31.2 Å². The standard InChI is InChI=1S/C12H13BrN4/c1-8-7-15-12(14-2)17-11(8)16-10-5-3-9(13)4-6-10/h3-7H,1-2H3,(H2,14,15,16,17). The van der Waals surface area contributed by atoms with Crippen molar-refractivity contribution >= 4 is 33.4 Å². The third-order valence-corrected chi connectivity index (χ3v) is 2.83. The Hall–Kier alpha value is -1.62. The molecule has 4 nitrogen and oxygen atoms in total. The summed E-state index contributed by atoms with van der Waals surface area (Å²) in [4.78, 5) is 8.51. The summed E-state index contributed by atoms with van der Waals surface area (Å²) in [6.45, 7) is 1.97. The van der Waals surface area contributed by atoms with Crippen LogP contribution in [0.5, 0.6) is 0 Å². The van der Waals surface area contributed by atoms with Crippen molar-refractivity contribution in [2.75, 3.05) is 17.7 Å². The summed E-state index contributed by atoms with van der Waals surface area (Å²) in [6.07, 6.45) is 1.79. The first-order valence-electron chi connectivity index (χ1n) is 5.23. The first-order chi connectivity index (χ1) is 8.19. The summed E-state index contributed by atoms with van der Waals surface area (Å²) >= 11 is 3.40. The molecule has 0 fully saturated rings. The van der Waals surface area contributed by atoms with Crippen molar-refractivity contribution in [1.82, 2.24) is 9.97 Å². The lowest BCUT2D eigenvalue weighted by Gasteiger charge is -2.09. The molecule has 2 rings (SSSR count). The number of hydrogen-bond donors (Lipinski definition) is 2. The van der Waals surface area contributed by atoms with E-state index < -0.39 is 0 Å². The minimum Gasteiger partial charge on any atom is -0.357 e. The topological polar surface area (TPSA) is 49.8 Å². The molecule has 0 atom stereocenters. The summed E-state index contributed by atoms with van der Waals surface area (Å²) in [6, 6.07) is 7.95. The summed E-state index contributed by atoms with van der Waals surface area (Å²) in [5.74, 6) is 1.42. The fourth-order valence-corrected chi connectivity index (χ4v) is 1.62. The average molecular weight is 293 g/mol. The lowest BCUT2D eigenvalue weighted by molar-refractivity contribution is 1.12. The third kappa shape index (κ3) is 2.94. The van der Waals surface area contributed by atoms with Crippen LogP contribution in [-0.2, 0) is 0 Å². The Labute approximate surface area is 109 Å².